The summed E-state index contributed by atoms with van der Waals surface area (Å²) in [6.45, 7) is 2.04. The van der Waals surface area contributed by atoms with Gasteiger partial charge >= 0.3 is 6.09 Å². The summed E-state index contributed by atoms with van der Waals surface area (Å²) in [5, 5.41) is 13.8. The lowest BCUT2D eigenvalue weighted by molar-refractivity contribution is -0.121. The van der Waals surface area contributed by atoms with E-state index in [4.69, 9.17) is 9.84 Å². The molecule has 0 radical (unpaired) electrons. The molecule has 0 rings (SSSR count). The number of aliphatic hydroxyl groups excluding tert-OH is 1. The van der Waals surface area contributed by atoms with Gasteiger partial charge in [-0.15, -0.1) is 0 Å². The Morgan fingerprint density at radius 1 is 1.44 bits per heavy atom. The molecule has 3 N–H and O–H groups in total. The van der Waals surface area contributed by atoms with Crippen molar-refractivity contribution in [3.8, 4) is 0 Å². The molecule has 0 saturated carbocycles. The molecule has 0 aliphatic heterocycles. The molecular formula is C10H20N2O4. The fourth-order valence-corrected chi connectivity index (χ4v) is 1.00. The van der Waals surface area contributed by atoms with Crippen molar-refractivity contribution in [2.45, 2.75) is 32.2 Å². The third kappa shape index (κ3) is 7.05. The highest BCUT2D eigenvalue weighted by Gasteiger charge is 2.15. The number of ether oxygens (including phenoxy) is 1. The zero-order valence-corrected chi connectivity index (χ0v) is 9.78. The molecule has 0 aliphatic rings. The molecule has 1 atom stereocenters. The molecule has 0 spiro atoms. The number of nitrogens with one attached hydrogen (secondary N) is 2. The first-order chi connectivity index (χ1) is 7.63. The van der Waals surface area contributed by atoms with Crippen molar-refractivity contribution >= 4 is 12.0 Å². The Morgan fingerprint density at radius 3 is 2.62 bits per heavy atom. The van der Waals surface area contributed by atoms with Crippen molar-refractivity contribution in [1.29, 1.82) is 0 Å². The zero-order chi connectivity index (χ0) is 12.4. The van der Waals surface area contributed by atoms with E-state index < -0.39 is 12.1 Å². The van der Waals surface area contributed by atoms with E-state index in [1.165, 1.54) is 7.05 Å². The maximum Gasteiger partial charge on any atom is 0.407 e. The monoisotopic (exact) mass is 232 g/mol. The zero-order valence-electron chi connectivity index (χ0n) is 9.78. The summed E-state index contributed by atoms with van der Waals surface area (Å²) >= 11 is 0. The first kappa shape index (κ1) is 14.7. The Hall–Kier alpha value is -1.30. The first-order valence-electron chi connectivity index (χ1n) is 5.38. The van der Waals surface area contributed by atoms with E-state index >= 15 is 0 Å². The summed E-state index contributed by atoms with van der Waals surface area (Å²) in [5.41, 5.74) is 0. The van der Waals surface area contributed by atoms with E-state index in [2.05, 4.69) is 10.6 Å². The van der Waals surface area contributed by atoms with Crippen LogP contribution in [0.1, 0.15) is 26.2 Å². The number of amides is 2. The number of alkyl carbamates (subject to hydrolysis) is 1. The number of aliphatic hydroxyl groups is 1. The molecule has 0 aromatic carbocycles. The molecule has 6 heteroatoms. The predicted octanol–water partition coefficient (Wildman–Crippen LogP) is 0.00970. The van der Waals surface area contributed by atoms with Gasteiger partial charge in [-0.2, -0.15) is 0 Å². The number of carbonyl (C=O) groups is 2. The van der Waals surface area contributed by atoms with Crippen LogP contribution in [-0.4, -0.2) is 43.4 Å². The Bertz CT molecular complexity index is 221. The first-order valence-corrected chi connectivity index (χ1v) is 5.38. The van der Waals surface area contributed by atoms with Crippen molar-refractivity contribution in [2.24, 2.45) is 0 Å². The van der Waals surface area contributed by atoms with Crippen LogP contribution < -0.4 is 10.6 Å². The molecule has 0 saturated heterocycles. The lowest BCUT2D eigenvalue weighted by Crippen LogP contribution is -2.41. The SMILES string of the molecule is CCCCOC(=O)N[C@@H](CO)CC(=O)NC. The van der Waals surface area contributed by atoms with Crippen molar-refractivity contribution < 1.29 is 19.4 Å². The predicted molar refractivity (Wildman–Crippen MR) is 58.9 cm³/mol. The lowest BCUT2D eigenvalue weighted by atomic mass is 10.2. The quantitative estimate of drug-likeness (QED) is 0.539. The van der Waals surface area contributed by atoms with E-state index in [-0.39, 0.29) is 18.9 Å². The molecule has 0 heterocycles. The number of hydrogen-bond donors (Lipinski definition) is 3. The second-order valence-corrected chi connectivity index (χ2v) is 3.39. The van der Waals surface area contributed by atoms with E-state index in [1.807, 2.05) is 6.92 Å². The average molecular weight is 232 g/mol. The summed E-state index contributed by atoms with van der Waals surface area (Å²) in [6, 6.07) is -0.603. The van der Waals surface area contributed by atoms with Gasteiger partial charge in [-0.3, -0.25) is 4.79 Å². The number of unbranched alkanes of at least 4 members (excludes halogenated alkanes) is 1. The summed E-state index contributed by atoms with van der Waals surface area (Å²) in [5.74, 6) is -0.243. The highest BCUT2D eigenvalue weighted by molar-refractivity contribution is 5.77. The Balaban J connectivity index is 3.83. The third-order valence-corrected chi connectivity index (χ3v) is 1.98. The van der Waals surface area contributed by atoms with E-state index in [0.29, 0.717) is 6.61 Å². The summed E-state index contributed by atoms with van der Waals surface area (Å²) in [7, 11) is 1.50. The molecule has 0 aromatic heterocycles. The smallest absolute Gasteiger partial charge is 0.407 e. The van der Waals surface area contributed by atoms with E-state index in [1.54, 1.807) is 0 Å². The summed E-state index contributed by atoms with van der Waals surface area (Å²) in [6.07, 6.45) is 1.17. The van der Waals surface area contributed by atoms with Gasteiger partial charge in [0, 0.05) is 13.5 Å². The highest BCUT2D eigenvalue weighted by atomic mass is 16.5. The molecule has 0 bridgehead atoms. The fourth-order valence-electron chi connectivity index (χ4n) is 1.00. The van der Waals surface area contributed by atoms with E-state index in [9.17, 15) is 9.59 Å². The minimum atomic E-state index is -0.603. The largest absolute Gasteiger partial charge is 0.450 e. The van der Waals surface area contributed by atoms with Gasteiger partial charge in [0.25, 0.3) is 0 Å². The molecule has 0 aromatic rings. The Labute approximate surface area is 95.4 Å². The fraction of sp³-hybridized carbons (Fsp3) is 0.800. The van der Waals surface area contributed by atoms with Gasteiger partial charge in [0.1, 0.15) is 0 Å². The number of rotatable bonds is 7. The van der Waals surface area contributed by atoms with Crippen LogP contribution in [0.2, 0.25) is 0 Å². The van der Waals surface area contributed by atoms with Crippen molar-refractivity contribution in [3.63, 3.8) is 0 Å². The number of hydrogen-bond acceptors (Lipinski definition) is 4. The van der Waals surface area contributed by atoms with Crippen LogP contribution in [0.3, 0.4) is 0 Å². The molecule has 6 nitrogen and oxygen atoms in total. The Morgan fingerprint density at radius 2 is 2.12 bits per heavy atom. The lowest BCUT2D eigenvalue weighted by Gasteiger charge is -2.15. The maximum absolute atomic E-state index is 11.2. The topological polar surface area (TPSA) is 87.7 Å². The second kappa shape index (κ2) is 8.96. The second-order valence-electron chi connectivity index (χ2n) is 3.39. The molecule has 2 amide bonds. The van der Waals surface area contributed by atoms with Crippen molar-refractivity contribution in [2.75, 3.05) is 20.3 Å². The van der Waals surface area contributed by atoms with Gasteiger partial charge in [-0.1, -0.05) is 13.3 Å². The summed E-state index contributed by atoms with van der Waals surface area (Å²) < 4.78 is 4.84. The van der Waals surface area contributed by atoms with Gasteiger partial charge < -0.3 is 20.5 Å². The average Bonchev–Trinajstić information content (AvgIpc) is 2.28. The molecule has 0 aliphatic carbocycles. The maximum atomic E-state index is 11.2. The summed E-state index contributed by atoms with van der Waals surface area (Å²) in [4.78, 5) is 22.2. The van der Waals surface area contributed by atoms with Crippen molar-refractivity contribution in [1.82, 2.24) is 10.6 Å². The van der Waals surface area contributed by atoms with Crippen LogP contribution in [0.25, 0.3) is 0 Å². The van der Waals surface area contributed by atoms with Gasteiger partial charge in [0.2, 0.25) is 5.91 Å². The van der Waals surface area contributed by atoms with Crippen LogP contribution >= 0.6 is 0 Å². The highest BCUT2D eigenvalue weighted by Crippen LogP contribution is 1.94. The van der Waals surface area contributed by atoms with Crippen molar-refractivity contribution in [3.05, 3.63) is 0 Å². The van der Waals surface area contributed by atoms with Gasteiger partial charge in [-0.25, -0.2) is 4.79 Å². The van der Waals surface area contributed by atoms with Crippen LogP contribution in [0.15, 0.2) is 0 Å². The molecule has 0 fully saturated rings. The van der Waals surface area contributed by atoms with Crippen LogP contribution in [-0.2, 0) is 9.53 Å². The minimum absolute atomic E-state index is 0.0376. The minimum Gasteiger partial charge on any atom is -0.450 e. The van der Waals surface area contributed by atoms with Crippen LogP contribution in [0.5, 0.6) is 0 Å². The number of carbonyl (C=O) groups excluding carboxylic acids is 2. The third-order valence-electron chi connectivity index (χ3n) is 1.98. The van der Waals surface area contributed by atoms with Gasteiger partial charge in [0.05, 0.1) is 19.3 Å². The molecule has 0 unspecified atom stereocenters. The van der Waals surface area contributed by atoms with Crippen LogP contribution in [0.4, 0.5) is 4.79 Å². The van der Waals surface area contributed by atoms with E-state index in [0.717, 1.165) is 12.8 Å². The van der Waals surface area contributed by atoms with Gasteiger partial charge in [-0.05, 0) is 6.42 Å². The normalized spacial score (nSPS) is 11.7. The molecule has 94 valence electrons. The van der Waals surface area contributed by atoms with Crippen LogP contribution in [0, 0.1) is 0 Å². The molecular weight excluding hydrogens is 212 g/mol. The molecule has 16 heavy (non-hydrogen) atoms. The standard InChI is InChI=1S/C10H20N2O4/c1-3-4-5-16-10(15)12-8(7-13)6-9(14)11-2/h8,13H,3-7H2,1-2H3,(H,11,14)(H,12,15)/t8-/m1/s1. The van der Waals surface area contributed by atoms with Gasteiger partial charge in [0.15, 0.2) is 0 Å². The Kier molecular flexibility index (Phi) is 8.24.